The normalized spacial score (nSPS) is 54.2. The van der Waals surface area contributed by atoms with Gasteiger partial charge in [0.2, 0.25) is 6.29 Å². The Kier molecular flexibility index (Phi) is 21.6. The van der Waals surface area contributed by atoms with Crippen LogP contribution in [0.4, 0.5) is 0 Å². The lowest BCUT2D eigenvalue weighted by molar-refractivity contribution is -0.401. The van der Waals surface area contributed by atoms with E-state index in [1.807, 2.05) is 0 Å². The second-order valence-corrected chi connectivity index (χ2v) is 30.6. The fourth-order valence-corrected chi connectivity index (χ4v) is 18.8. The predicted molar refractivity (Wildman–Crippen MR) is 311 cm³/mol. The molecule has 0 unspecified atom stereocenters. The number of carbonyl (C=O) groups is 1. The van der Waals surface area contributed by atoms with Crippen LogP contribution in [0.5, 0.6) is 0 Å². The summed E-state index contributed by atoms with van der Waals surface area (Å²) in [4.78, 5) is 14.7. The van der Waals surface area contributed by atoms with Gasteiger partial charge in [-0.05, 0) is 109 Å². The Morgan fingerprint density at radius 2 is 1.09 bits per heavy atom. The summed E-state index contributed by atoms with van der Waals surface area (Å²) in [5.74, 6) is -1.09. The maximum absolute atomic E-state index is 14.7. The Bertz CT molecular complexity index is 2620. The number of hydrogen-bond acceptors (Lipinski definition) is 31. The third-order valence-corrected chi connectivity index (χ3v) is 24.3. The van der Waals surface area contributed by atoms with E-state index in [-0.39, 0.29) is 51.9 Å². The molecular weight excluding hydrogens is 1250 g/mol. The van der Waals surface area contributed by atoms with Crippen LogP contribution in [0, 0.1) is 56.7 Å². The molecule has 18 N–H and O–H groups in total. The summed E-state index contributed by atoms with van der Waals surface area (Å²) >= 11 is 0. The van der Waals surface area contributed by atoms with E-state index >= 15 is 0 Å². The van der Waals surface area contributed by atoms with Crippen molar-refractivity contribution in [3.63, 3.8) is 0 Å². The molecule has 0 spiro atoms. The Balaban J connectivity index is 0.738. The molecule has 31 nitrogen and oxygen atoms in total. The molecule has 4 saturated carbocycles. The number of fused-ring (bicyclic) bond motifs is 7. The quantitative estimate of drug-likeness (QED) is 0.0414. The highest BCUT2D eigenvalue weighted by atomic mass is 16.8. The van der Waals surface area contributed by atoms with Crippen LogP contribution in [0.3, 0.4) is 0 Å². The Morgan fingerprint density at radius 1 is 0.511 bits per heavy atom. The van der Waals surface area contributed by atoms with Gasteiger partial charge in [-0.1, -0.05) is 60.1 Å². The zero-order valence-electron chi connectivity index (χ0n) is 54.0. The van der Waals surface area contributed by atoms with Crippen LogP contribution < -0.4 is 0 Å². The molecule has 6 aliphatic heterocycles. The molecule has 0 aromatic heterocycles. The molecule has 0 amide bonds. The first-order chi connectivity index (χ1) is 44.1. The van der Waals surface area contributed by atoms with Crippen molar-refractivity contribution in [3.05, 3.63) is 11.6 Å². The van der Waals surface area contributed by atoms with Gasteiger partial charge in [0, 0.05) is 0 Å². The van der Waals surface area contributed by atoms with E-state index in [4.69, 9.17) is 56.8 Å². The molecule has 5 aliphatic carbocycles. The van der Waals surface area contributed by atoms with Crippen LogP contribution in [-0.2, 0) is 61.6 Å². The summed E-state index contributed by atoms with van der Waals surface area (Å²) in [5.41, 5.74) is -0.245. The Labute approximate surface area is 543 Å². The van der Waals surface area contributed by atoms with E-state index in [0.29, 0.717) is 19.3 Å². The largest absolute Gasteiger partial charge is 0.432 e. The van der Waals surface area contributed by atoms with Crippen molar-refractivity contribution in [1.29, 1.82) is 0 Å². The summed E-state index contributed by atoms with van der Waals surface area (Å²) in [6.07, 6.45) is -39.8. The molecular formula is C63H102O31. The van der Waals surface area contributed by atoms with Crippen LogP contribution in [0.25, 0.3) is 0 Å². The SMILES string of the molecule is CC1(C)C[C@@H]2C3=CC[C@@H]4[C@@]5(C)CC[C@H](O[C@@H]6OC[C@@H](O)[C@H](O)[C@H]6O[C@@H]6O[C@@H](O)[C@H](O)[C@@H](O[C@@H]7OC[C@@H](O[C@@H]8O[C@H](CO)[C@@H](O)[C@H](O)[C@H]8O)[C@@H](O)[C@H]7O)[C@H]6O)C(C)(C)[C@H]5CC[C@@]4(C)[C@]3(C)CC[C@H]2[C@H](C(=O)O[C@@H]2O[C@H](CO[C@@H]3O[C@H](CO)[C@@H](O)[C@H](O)[C@H]3O)[C@@H](O)[C@H](O)[C@H]2O)C1. The summed E-state index contributed by atoms with van der Waals surface area (Å²) in [7, 11) is 0. The molecule has 37 atom stereocenters. The summed E-state index contributed by atoms with van der Waals surface area (Å²) < 4.78 is 69.9. The van der Waals surface area contributed by atoms with E-state index in [1.54, 1.807) is 0 Å². The van der Waals surface area contributed by atoms with E-state index < -0.39 is 222 Å². The van der Waals surface area contributed by atoms with Gasteiger partial charge in [0.25, 0.3) is 0 Å². The van der Waals surface area contributed by atoms with Crippen molar-refractivity contribution < 1.29 is 154 Å². The zero-order valence-corrected chi connectivity index (χ0v) is 54.0. The van der Waals surface area contributed by atoms with Crippen molar-refractivity contribution in [1.82, 2.24) is 0 Å². The van der Waals surface area contributed by atoms with Gasteiger partial charge < -0.3 is 149 Å². The lowest BCUT2D eigenvalue weighted by Crippen LogP contribution is -2.66. The summed E-state index contributed by atoms with van der Waals surface area (Å²) in [5, 5.41) is 193. The molecule has 540 valence electrons. The average molecular weight is 1360 g/mol. The number of hydrogen-bond donors (Lipinski definition) is 18. The number of allylic oxidation sites excluding steroid dienone is 2. The molecule has 0 bridgehead atoms. The van der Waals surface area contributed by atoms with Crippen LogP contribution in [0.15, 0.2) is 11.6 Å². The van der Waals surface area contributed by atoms with Gasteiger partial charge in [-0.25, -0.2) is 0 Å². The minimum atomic E-state index is -2.11. The van der Waals surface area contributed by atoms with Gasteiger partial charge in [0.1, 0.15) is 128 Å². The van der Waals surface area contributed by atoms with E-state index in [0.717, 1.165) is 38.5 Å². The lowest BCUT2D eigenvalue weighted by atomic mass is 9.34. The standard InChI is InChI=1S/C63H102O31/c1-59(2)16-24-23(25(17-59)51(81)93-56-46(78)42(74)38(70)30(89-56)21-84-53-44(76)40(72)36(68)28(18-64)86-53)10-14-62(6)26(24)8-9-33-61(5)13-12-34(60(3,4)32(61)11-15-63(33,62)7)90-58-50(35(67)27(66)20-83-58)92-57-48(80)49(47(79)52(82)94-57)91-54-43(75)39(71)31(22-85-54)88-55-45(77)41(73)37(69)29(19-65)87-55/h8,23-25,27-50,52-58,64-80,82H,9-22H2,1-7H3/t23-,24+,25-,27-,28-,29-,30-,31-,32-,33-,34+,35+,36-,37-,38-,39-,40+,41+,42+,43-,44-,45-,46-,47-,48-,49-,50-,52-,53-,54+,55+,56+,57-,58+,61+,62-,63-/m1/s1. The minimum Gasteiger partial charge on any atom is -0.432 e. The first kappa shape index (κ1) is 73.3. The highest BCUT2D eigenvalue weighted by Crippen LogP contribution is 2.75. The fraction of sp³-hybridized carbons (Fsp3) is 0.952. The van der Waals surface area contributed by atoms with Gasteiger partial charge in [-0.3, -0.25) is 4.79 Å². The van der Waals surface area contributed by atoms with Crippen molar-refractivity contribution in [2.45, 2.75) is 285 Å². The number of aliphatic hydroxyl groups excluding tert-OH is 18. The third kappa shape index (κ3) is 12.9. The van der Waals surface area contributed by atoms with Crippen molar-refractivity contribution in [3.8, 4) is 0 Å². The molecule has 0 aromatic rings. The Hall–Kier alpha value is -1.95. The smallest absolute Gasteiger partial charge is 0.311 e. The molecule has 0 radical (unpaired) electrons. The maximum Gasteiger partial charge on any atom is 0.311 e. The lowest BCUT2D eigenvalue weighted by Gasteiger charge is -2.71. The highest BCUT2D eigenvalue weighted by Gasteiger charge is 2.69. The van der Waals surface area contributed by atoms with Crippen molar-refractivity contribution in [2.75, 3.05) is 33.0 Å². The monoisotopic (exact) mass is 1350 g/mol. The molecule has 6 saturated heterocycles. The first-order valence-corrected chi connectivity index (χ1v) is 33.2. The van der Waals surface area contributed by atoms with Crippen LogP contribution in [0.1, 0.15) is 106 Å². The van der Waals surface area contributed by atoms with E-state index in [1.165, 1.54) is 5.57 Å². The third-order valence-electron chi connectivity index (χ3n) is 24.3. The first-order valence-electron chi connectivity index (χ1n) is 33.2. The van der Waals surface area contributed by atoms with Crippen LogP contribution >= 0.6 is 0 Å². The van der Waals surface area contributed by atoms with Gasteiger partial charge in [0.05, 0.1) is 45.1 Å². The Morgan fingerprint density at radius 3 is 1.74 bits per heavy atom. The molecule has 11 rings (SSSR count). The predicted octanol–water partition coefficient (Wildman–Crippen LogP) is -5.30. The molecule has 11 aliphatic rings. The van der Waals surface area contributed by atoms with Gasteiger partial charge in [-0.2, -0.15) is 0 Å². The number of rotatable bonds is 15. The van der Waals surface area contributed by atoms with Crippen LogP contribution in [0.2, 0.25) is 0 Å². The number of carbonyl (C=O) groups excluding carboxylic acids is 1. The topological polar surface area (TPSA) is 492 Å². The highest BCUT2D eigenvalue weighted by molar-refractivity contribution is 5.73. The second kappa shape index (κ2) is 27.8. The average Bonchev–Trinajstić information content (AvgIpc) is 0.681. The van der Waals surface area contributed by atoms with Crippen LogP contribution in [-0.4, -0.2) is 309 Å². The molecule has 0 aromatic carbocycles. The second-order valence-electron chi connectivity index (χ2n) is 30.6. The zero-order chi connectivity index (χ0) is 68.4. The molecule has 31 heteroatoms. The molecule has 10 fully saturated rings. The number of aliphatic hydroxyl groups is 18. The number of ether oxygens (including phenoxy) is 12. The summed E-state index contributed by atoms with van der Waals surface area (Å²) in [6, 6.07) is 0. The van der Waals surface area contributed by atoms with Gasteiger partial charge >= 0.3 is 5.97 Å². The molecule has 6 heterocycles. The van der Waals surface area contributed by atoms with E-state index in [9.17, 15) is 96.7 Å². The maximum atomic E-state index is 14.7. The number of esters is 1. The fourth-order valence-electron chi connectivity index (χ4n) is 18.8. The van der Waals surface area contributed by atoms with Crippen molar-refractivity contribution in [2.24, 2.45) is 56.7 Å². The van der Waals surface area contributed by atoms with Gasteiger partial charge in [-0.15, -0.1) is 0 Å². The summed E-state index contributed by atoms with van der Waals surface area (Å²) in [6.45, 7) is 12.8. The van der Waals surface area contributed by atoms with E-state index in [2.05, 4.69) is 54.5 Å². The van der Waals surface area contributed by atoms with Gasteiger partial charge in [0.15, 0.2) is 37.7 Å². The minimum absolute atomic E-state index is 0.000608. The van der Waals surface area contributed by atoms with Crippen molar-refractivity contribution >= 4 is 5.97 Å². The molecule has 94 heavy (non-hydrogen) atoms.